The first-order chi connectivity index (χ1) is 10.7. The molecule has 0 saturated carbocycles. The molecule has 0 amide bonds. The molecule has 2 aromatic rings. The molecule has 22 heavy (non-hydrogen) atoms. The van der Waals surface area contributed by atoms with Crippen LogP contribution in [0.1, 0.15) is 5.56 Å². The molecule has 0 radical (unpaired) electrons. The van der Waals surface area contributed by atoms with Crippen LogP contribution in [0, 0.1) is 3.57 Å². The summed E-state index contributed by atoms with van der Waals surface area (Å²) in [5.41, 5.74) is 0.823. The lowest BCUT2D eigenvalue weighted by atomic mass is 10.2. The van der Waals surface area contributed by atoms with Gasteiger partial charge in [-0.25, -0.2) is 4.79 Å². The molecule has 0 aromatic heterocycles. The van der Waals surface area contributed by atoms with E-state index in [1.165, 1.54) is 7.11 Å². The van der Waals surface area contributed by atoms with E-state index in [9.17, 15) is 4.79 Å². The molecular weight excluding hydrogens is 397 g/mol. The van der Waals surface area contributed by atoms with Crippen LogP contribution in [-0.4, -0.2) is 19.3 Å². The van der Waals surface area contributed by atoms with Crippen LogP contribution >= 0.6 is 22.6 Å². The van der Waals surface area contributed by atoms with Crippen molar-refractivity contribution in [3.8, 4) is 11.5 Å². The highest BCUT2D eigenvalue weighted by atomic mass is 127. The summed E-state index contributed by atoms with van der Waals surface area (Å²) in [4.78, 5) is 16.0. The van der Waals surface area contributed by atoms with Gasteiger partial charge in [0.15, 0.2) is 6.21 Å². The number of para-hydroxylation sites is 1. The lowest BCUT2D eigenvalue weighted by Crippen LogP contribution is -2.01. The third kappa shape index (κ3) is 5.03. The van der Waals surface area contributed by atoms with Crippen LogP contribution in [0.25, 0.3) is 0 Å². The number of nitrogens with zero attached hydrogens (tertiary/aromatic N) is 1. The summed E-state index contributed by atoms with van der Waals surface area (Å²) in [6.45, 7) is 0.188. The van der Waals surface area contributed by atoms with Crippen molar-refractivity contribution in [1.82, 2.24) is 0 Å². The second kappa shape index (κ2) is 8.38. The second-order valence-electron chi connectivity index (χ2n) is 4.20. The third-order valence-corrected chi connectivity index (χ3v) is 3.32. The van der Waals surface area contributed by atoms with E-state index in [4.69, 9.17) is 9.57 Å². The molecule has 0 bridgehead atoms. The number of carbonyl (C=O) groups is 1. The molecule has 2 aromatic carbocycles. The van der Waals surface area contributed by atoms with E-state index in [1.807, 2.05) is 48.5 Å². The first kappa shape index (κ1) is 16.3. The minimum Gasteiger partial charge on any atom is -0.465 e. The number of ether oxygens (including phenoxy) is 2. The average Bonchev–Trinajstić information content (AvgIpc) is 2.52. The lowest BCUT2D eigenvalue weighted by Gasteiger charge is -2.10. The van der Waals surface area contributed by atoms with Gasteiger partial charge in [-0.1, -0.05) is 29.4 Å². The molecule has 5 nitrogen and oxygen atoms in total. The molecule has 0 aliphatic carbocycles. The minimum atomic E-state index is -0.566. The highest BCUT2D eigenvalue weighted by Gasteiger charge is 2.05. The maximum Gasteiger partial charge on any atom is 0.352 e. The zero-order chi connectivity index (χ0) is 15.8. The molecule has 6 heteroatoms. The number of esters is 1. The van der Waals surface area contributed by atoms with Crippen molar-refractivity contribution in [2.45, 2.75) is 6.61 Å². The van der Waals surface area contributed by atoms with Crippen molar-refractivity contribution in [1.29, 1.82) is 0 Å². The summed E-state index contributed by atoms with van der Waals surface area (Å²) in [5.74, 6) is 0.860. The van der Waals surface area contributed by atoms with E-state index < -0.39 is 5.97 Å². The molecule has 0 saturated heterocycles. The van der Waals surface area contributed by atoms with E-state index in [2.05, 4.69) is 32.5 Å². The molecule has 0 fully saturated rings. The predicted octanol–water partition coefficient (Wildman–Crippen LogP) is 3.76. The Hall–Kier alpha value is -2.09. The predicted molar refractivity (Wildman–Crippen MR) is 91.0 cm³/mol. The van der Waals surface area contributed by atoms with Gasteiger partial charge >= 0.3 is 5.97 Å². The lowest BCUT2D eigenvalue weighted by molar-refractivity contribution is -0.132. The van der Waals surface area contributed by atoms with Gasteiger partial charge in [0.25, 0.3) is 0 Å². The largest absolute Gasteiger partial charge is 0.465 e. The van der Waals surface area contributed by atoms with Gasteiger partial charge < -0.3 is 14.3 Å². The van der Waals surface area contributed by atoms with E-state index in [-0.39, 0.29) is 6.61 Å². The number of rotatable bonds is 6. The topological polar surface area (TPSA) is 57.1 Å². The van der Waals surface area contributed by atoms with Gasteiger partial charge in [-0.05, 0) is 46.9 Å². The molecule has 0 atom stereocenters. The van der Waals surface area contributed by atoms with E-state index in [0.29, 0.717) is 5.75 Å². The minimum absolute atomic E-state index is 0.188. The van der Waals surface area contributed by atoms with Crippen LogP contribution in [-0.2, 0) is 21.0 Å². The Balaban J connectivity index is 2.03. The molecule has 0 aliphatic rings. The molecule has 0 spiro atoms. The number of hydrogen-bond donors (Lipinski definition) is 0. The third-order valence-electron chi connectivity index (χ3n) is 2.65. The smallest absolute Gasteiger partial charge is 0.352 e. The van der Waals surface area contributed by atoms with Crippen LogP contribution in [0.5, 0.6) is 11.5 Å². The summed E-state index contributed by atoms with van der Waals surface area (Å²) in [6, 6.07) is 15.2. The van der Waals surface area contributed by atoms with E-state index in [0.717, 1.165) is 21.1 Å². The molecule has 0 unspecified atom stereocenters. The summed E-state index contributed by atoms with van der Waals surface area (Å²) in [7, 11) is 1.28. The Morgan fingerprint density at radius 3 is 2.82 bits per heavy atom. The summed E-state index contributed by atoms with van der Waals surface area (Å²) in [5, 5.41) is 3.54. The van der Waals surface area contributed by atoms with Crippen molar-refractivity contribution in [3.63, 3.8) is 0 Å². The highest BCUT2D eigenvalue weighted by molar-refractivity contribution is 14.1. The Morgan fingerprint density at radius 1 is 1.23 bits per heavy atom. The first-order valence-electron chi connectivity index (χ1n) is 6.43. The Labute approximate surface area is 142 Å². The van der Waals surface area contributed by atoms with Crippen molar-refractivity contribution < 1.29 is 19.1 Å². The zero-order valence-corrected chi connectivity index (χ0v) is 14.0. The van der Waals surface area contributed by atoms with Gasteiger partial charge in [0.05, 0.1) is 7.11 Å². The summed E-state index contributed by atoms with van der Waals surface area (Å²) < 4.78 is 11.4. The number of benzene rings is 2. The van der Waals surface area contributed by atoms with Crippen LogP contribution in [0.15, 0.2) is 53.7 Å². The van der Waals surface area contributed by atoms with Crippen molar-refractivity contribution in [2.75, 3.05) is 7.11 Å². The van der Waals surface area contributed by atoms with Gasteiger partial charge in [-0.3, -0.25) is 0 Å². The molecule has 0 aliphatic heterocycles. The summed E-state index contributed by atoms with van der Waals surface area (Å²) in [6.07, 6.45) is 0.975. The number of hydrogen-bond acceptors (Lipinski definition) is 5. The highest BCUT2D eigenvalue weighted by Crippen LogP contribution is 2.26. The van der Waals surface area contributed by atoms with Gasteiger partial charge in [-0.15, -0.1) is 0 Å². The Bertz CT molecular complexity index is 673. The average molecular weight is 411 g/mol. The standard InChI is InChI=1S/C16H14INO4/c1-20-16(19)10-18-21-11-12-5-2-3-8-15(12)22-14-7-4-6-13(17)9-14/h2-10H,11H2,1H3/b18-10+. The van der Waals surface area contributed by atoms with Gasteiger partial charge in [0.1, 0.15) is 18.1 Å². The molecule has 0 heterocycles. The second-order valence-corrected chi connectivity index (χ2v) is 5.44. The fourth-order valence-corrected chi connectivity index (χ4v) is 2.13. The molecule has 114 valence electrons. The fourth-order valence-electron chi connectivity index (χ4n) is 1.62. The van der Waals surface area contributed by atoms with Crippen molar-refractivity contribution in [3.05, 3.63) is 57.7 Å². The first-order valence-corrected chi connectivity index (χ1v) is 7.51. The Kier molecular flexibility index (Phi) is 6.20. The van der Waals surface area contributed by atoms with Crippen molar-refractivity contribution >= 4 is 34.8 Å². The van der Waals surface area contributed by atoms with Gasteiger partial charge in [0.2, 0.25) is 0 Å². The van der Waals surface area contributed by atoms with Crippen molar-refractivity contribution in [2.24, 2.45) is 5.16 Å². The SMILES string of the molecule is COC(=O)/C=N/OCc1ccccc1Oc1cccc(I)c1. The van der Waals surface area contributed by atoms with Crippen LogP contribution in [0.3, 0.4) is 0 Å². The number of oxime groups is 1. The van der Waals surface area contributed by atoms with Gasteiger partial charge in [0, 0.05) is 9.13 Å². The van der Waals surface area contributed by atoms with E-state index >= 15 is 0 Å². The van der Waals surface area contributed by atoms with E-state index in [1.54, 1.807) is 0 Å². The molecular formula is C16H14INO4. The zero-order valence-electron chi connectivity index (χ0n) is 11.9. The number of halogens is 1. The molecule has 0 N–H and O–H groups in total. The number of carbonyl (C=O) groups excluding carboxylic acids is 1. The fraction of sp³-hybridized carbons (Fsp3) is 0.125. The summed E-state index contributed by atoms with van der Waals surface area (Å²) >= 11 is 2.23. The normalized spacial score (nSPS) is 10.5. The molecule has 2 rings (SSSR count). The maximum atomic E-state index is 10.9. The van der Waals surface area contributed by atoms with Crippen LogP contribution in [0.4, 0.5) is 0 Å². The maximum absolute atomic E-state index is 10.9. The monoisotopic (exact) mass is 411 g/mol. The van der Waals surface area contributed by atoms with Crippen LogP contribution < -0.4 is 4.74 Å². The van der Waals surface area contributed by atoms with Crippen LogP contribution in [0.2, 0.25) is 0 Å². The Morgan fingerprint density at radius 2 is 2.05 bits per heavy atom. The number of methoxy groups -OCH3 is 1. The quantitative estimate of drug-likeness (QED) is 0.315. The van der Waals surface area contributed by atoms with Gasteiger partial charge in [-0.2, -0.15) is 0 Å².